The van der Waals surface area contributed by atoms with Gasteiger partial charge in [-0.05, 0) is 18.2 Å². The van der Waals surface area contributed by atoms with Crippen LogP contribution in [-0.2, 0) is 0 Å². The van der Waals surface area contributed by atoms with E-state index in [2.05, 4.69) is 0 Å². The van der Waals surface area contributed by atoms with Gasteiger partial charge in [-0.15, -0.1) is 0 Å². The number of benzene rings is 2. The van der Waals surface area contributed by atoms with Crippen LogP contribution in [-0.4, -0.2) is 17.9 Å². The Hall–Kier alpha value is -2.47. The predicted octanol–water partition coefficient (Wildman–Crippen LogP) is 3.66. The molecule has 0 aromatic heterocycles. The number of carbonyl (C=O) groups excluding carboxylic acids is 1. The van der Waals surface area contributed by atoms with E-state index in [1.165, 1.54) is 43.4 Å². The third kappa shape index (κ3) is 2.85. The summed E-state index contributed by atoms with van der Waals surface area (Å²) in [6.45, 7) is 0. The smallest absolute Gasteiger partial charge is 0.288 e. The van der Waals surface area contributed by atoms with Crippen molar-refractivity contribution in [2.24, 2.45) is 0 Å². The summed E-state index contributed by atoms with van der Waals surface area (Å²) in [6.07, 6.45) is 0. The first-order valence-electron chi connectivity index (χ1n) is 5.89. The number of nitro groups is 1. The number of nitro benzene ring substituents is 1. The fraction of sp³-hybridized carbons (Fsp3) is 0.0714. The molecule has 1 amide bonds. The molecule has 0 aliphatic heterocycles. The molecule has 0 atom stereocenters. The van der Waals surface area contributed by atoms with Gasteiger partial charge in [-0.2, -0.15) is 0 Å². The minimum absolute atomic E-state index is 0.0587. The van der Waals surface area contributed by atoms with Crippen molar-refractivity contribution in [3.63, 3.8) is 0 Å². The third-order valence-electron chi connectivity index (χ3n) is 2.92. The first kappa shape index (κ1) is 14.9. The van der Waals surface area contributed by atoms with Gasteiger partial charge in [-0.25, -0.2) is 4.39 Å². The van der Waals surface area contributed by atoms with Crippen molar-refractivity contribution in [1.29, 1.82) is 0 Å². The Morgan fingerprint density at radius 2 is 1.90 bits per heavy atom. The van der Waals surface area contributed by atoms with Crippen LogP contribution in [0, 0.1) is 15.9 Å². The van der Waals surface area contributed by atoms with Crippen LogP contribution < -0.4 is 4.90 Å². The highest BCUT2D eigenvalue weighted by Crippen LogP contribution is 2.29. The molecule has 5 nitrogen and oxygen atoms in total. The lowest BCUT2D eigenvalue weighted by Crippen LogP contribution is -2.27. The van der Waals surface area contributed by atoms with Crippen LogP contribution >= 0.6 is 11.6 Å². The third-order valence-corrected chi connectivity index (χ3v) is 3.32. The zero-order valence-electron chi connectivity index (χ0n) is 10.9. The Kier molecular flexibility index (Phi) is 4.18. The molecule has 0 radical (unpaired) electrons. The number of hydrogen-bond donors (Lipinski definition) is 0. The Morgan fingerprint density at radius 3 is 2.52 bits per heavy atom. The Balaban J connectivity index is 2.44. The fourth-order valence-electron chi connectivity index (χ4n) is 1.84. The topological polar surface area (TPSA) is 63.5 Å². The van der Waals surface area contributed by atoms with Crippen molar-refractivity contribution in [3.8, 4) is 0 Å². The number of para-hydroxylation sites is 1. The molecule has 0 heterocycles. The molecule has 0 N–H and O–H groups in total. The summed E-state index contributed by atoms with van der Waals surface area (Å²) in [5, 5.41) is 10.6. The van der Waals surface area contributed by atoms with E-state index in [0.717, 1.165) is 4.90 Å². The van der Waals surface area contributed by atoms with Crippen molar-refractivity contribution in [3.05, 3.63) is 69.0 Å². The molecule has 7 heteroatoms. The van der Waals surface area contributed by atoms with E-state index < -0.39 is 16.6 Å². The van der Waals surface area contributed by atoms with Crippen LogP contribution in [0.25, 0.3) is 0 Å². The average Bonchev–Trinajstić information content (AvgIpc) is 2.46. The van der Waals surface area contributed by atoms with Crippen molar-refractivity contribution in [1.82, 2.24) is 0 Å². The van der Waals surface area contributed by atoms with Gasteiger partial charge in [0, 0.05) is 13.1 Å². The molecule has 0 fully saturated rings. The summed E-state index contributed by atoms with van der Waals surface area (Å²) in [5.74, 6) is -1.20. The molecular weight excluding hydrogens is 299 g/mol. The van der Waals surface area contributed by atoms with E-state index in [-0.39, 0.29) is 22.0 Å². The maximum Gasteiger partial charge on any atom is 0.288 e. The second-order valence-corrected chi connectivity index (χ2v) is 4.59. The molecule has 0 bridgehead atoms. The number of halogens is 2. The van der Waals surface area contributed by atoms with Crippen LogP contribution in [0.15, 0.2) is 42.5 Å². The maximum atomic E-state index is 13.7. The second-order valence-electron chi connectivity index (χ2n) is 4.21. The molecule has 21 heavy (non-hydrogen) atoms. The monoisotopic (exact) mass is 308 g/mol. The largest absolute Gasteiger partial charge is 0.309 e. The van der Waals surface area contributed by atoms with Gasteiger partial charge in [0.2, 0.25) is 0 Å². The van der Waals surface area contributed by atoms with Crippen LogP contribution in [0.3, 0.4) is 0 Å². The van der Waals surface area contributed by atoms with Crippen LogP contribution in [0.5, 0.6) is 0 Å². The summed E-state index contributed by atoms with van der Waals surface area (Å²) >= 11 is 5.89. The number of hydrogen-bond acceptors (Lipinski definition) is 3. The highest BCUT2D eigenvalue weighted by Gasteiger charge is 2.23. The van der Waals surface area contributed by atoms with E-state index in [0.29, 0.717) is 0 Å². The molecule has 2 aromatic rings. The Bertz CT molecular complexity index is 721. The van der Waals surface area contributed by atoms with E-state index in [4.69, 9.17) is 11.6 Å². The lowest BCUT2D eigenvalue weighted by Gasteiger charge is -2.18. The Morgan fingerprint density at radius 1 is 1.24 bits per heavy atom. The number of carbonyl (C=O) groups is 1. The lowest BCUT2D eigenvalue weighted by molar-refractivity contribution is -0.384. The highest BCUT2D eigenvalue weighted by atomic mass is 35.5. The van der Waals surface area contributed by atoms with Gasteiger partial charge in [-0.3, -0.25) is 14.9 Å². The summed E-state index contributed by atoms with van der Waals surface area (Å²) in [7, 11) is 1.37. The van der Waals surface area contributed by atoms with Gasteiger partial charge in [0.15, 0.2) is 0 Å². The minimum atomic E-state index is -0.678. The second kappa shape index (κ2) is 5.88. The van der Waals surface area contributed by atoms with Crippen LogP contribution in [0.4, 0.5) is 15.8 Å². The van der Waals surface area contributed by atoms with Gasteiger partial charge in [0.05, 0.1) is 16.2 Å². The van der Waals surface area contributed by atoms with Gasteiger partial charge >= 0.3 is 0 Å². The van der Waals surface area contributed by atoms with Gasteiger partial charge in [0.25, 0.3) is 11.6 Å². The molecule has 0 aliphatic rings. The normalized spacial score (nSPS) is 10.2. The molecule has 0 saturated carbocycles. The lowest BCUT2D eigenvalue weighted by atomic mass is 10.1. The average molecular weight is 309 g/mol. The van der Waals surface area contributed by atoms with Crippen molar-refractivity contribution in [2.75, 3.05) is 11.9 Å². The van der Waals surface area contributed by atoms with E-state index in [1.54, 1.807) is 6.07 Å². The SMILES string of the molecule is CN(C(=O)c1cccc([N+](=O)[O-])c1Cl)c1ccccc1F. The van der Waals surface area contributed by atoms with Crippen molar-refractivity contribution < 1.29 is 14.1 Å². The summed E-state index contributed by atoms with van der Waals surface area (Å²) in [5.41, 5.74) is -0.369. The molecule has 108 valence electrons. The summed E-state index contributed by atoms with van der Waals surface area (Å²) in [6, 6.07) is 9.63. The first-order chi connectivity index (χ1) is 9.93. The zero-order chi connectivity index (χ0) is 15.6. The fourth-order valence-corrected chi connectivity index (χ4v) is 2.12. The quantitative estimate of drug-likeness (QED) is 0.642. The van der Waals surface area contributed by atoms with Gasteiger partial charge in [-0.1, -0.05) is 29.8 Å². The molecule has 0 unspecified atom stereocenters. The number of nitrogens with zero attached hydrogens (tertiary/aromatic N) is 2. The maximum absolute atomic E-state index is 13.7. The van der Waals surface area contributed by atoms with Crippen molar-refractivity contribution >= 4 is 28.9 Å². The van der Waals surface area contributed by atoms with Gasteiger partial charge < -0.3 is 4.90 Å². The number of anilines is 1. The summed E-state index contributed by atoms with van der Waals surface area (Å²) in [4.78, 5) is 23.5. The van der Waals surface area contributed by atoms with Crippen molar-refractivity contribution in [2.45, 2.75) is 0 Å². The Labute approximate surface area is 124 Å². The van der Waals surface area contributed by atoms with E-state index >= 15 is 0 Å². The number of rotatable bonds is 3. The standard InChI is InChI=1S/C14H10ClFN2O3/c1-17(11-7-3-2-6-10(11)16)14(19)9-5-4-8-12(13(9)15)18(20)21/h2-8H,1H3. The van der Waals surface area contributed by atoms with E-state index in [9.17, 15) is 19.3 Å². The summed E-state index contributed by atoms with van der Waals surface area (Å²) < 4.78 is 13.7. The zero-order valence-corrected chi connectivity index (χ0v) is 11.7. The predicted molar refractivity (Wildman–Crippen MR) is 77.2 cm³/mol. The first-order valence-corrected chi connectivity index (χ1v) is 6.26. The molecule has 2 rings (SSSR count). The van der Waals surface area contributed by atoms with Crippen LogP contribution in [0.2, 0.25) is 5.02 Å². The minimum Gasteiger partial charge on any atom is -0.309 e. The number of amides is 1. The van der Waals surface area contributed by atoms with E-state index in [1.807, 2.05) is 0 Å². The molecule has 0 saturated heterocycles. The molecule has 2 aromatic carbocycles. The molecule has 0 spiro atoms. The van der Waals surface area contributed by atoms with Gasteiger partial charge in [0.1, 0.15) is 10.8 Å². The molecule has 0 aliphatic carbocycles. The van der Waals surface area contributed by atoms with Crippen LogP contribution in [0.1, 0.15) is 10.4 Å². The highest BCUT2D eigenvalue weighted by molar-refractivity contribution is 6.36. The molecular formula is C14H10ClFN2O3.